The Morgan fingerprint density at radius 1 is 0.600 bits per heavy atom. The van der Waals surface area contributed by atoms with Crippen LogP contribution in [-0.2, 0) is 23.6 Å². The first-order chi connectivity index (χ1) is 21.1. The molecule has 0 saturated heterocycles. The zero-order chi connectivity index (χ0) is 33.7. The molecule has 3 aromatic carbocycles. The van der Waals surface area contributed by atoms with Gasteiger partial charge in [0.05, 0.1) is 0 Å². The van der Waals surface area contributed by atoms with Crippen molar-refractivity contribution >= 4 is 66.6 Å². The first-order valence-electron chi connectivity index (χ1n) is 15.6. The minimum atomic E-state index is -4.69. The van der Waals surface area contributed by atoms with Crippen LogP contribution >= 0.6 is 0 Å². The Hall–Kier alpha value is -2.59. The van der Waals surface area contributed by atoms with Crippen LogP contribution in [0.2, 0.25) is 8.87 Å². The van der Waals surface area contributed by atoms with Crippen LogP contribution in [0.25, 0.3) is 0 Å². The molecule has 0 aliphatic carbocycles. The van der Waals surface area contributed by atoms with Crippen LogP contribution in [0, 0.1) is 10.8 Å². The molecule has 0 radical (unpaired) electrons. The van der Waals surface area contributed by atoms with Crippen LogP contribution in [0.15, 0.2) is 104 Å². The van der Waals surface area contributed by atoms with E-state index in [2.05, 4.69) is 118 Å². The van der Waals surface area contributed by atoms with Gasteiger partial charge < -0.3 is 0 Å². The van der Waals surface area contributed by atoms with E-state index >= 15 is 0 Å². The van der Waals surface area contributed by atoms with Crippen LogP contribution in [0.5, 0.6) is 0 Å². The maximum atomic E-state index is 11.7. The van der Waals surface area contributed by atoms with Crippen LogP contribution in [0.3, 0.4) is 0 Å². The van der Waals surface area contributed by atoms with Gasteiger partial charge in [0.25, 0.3) is 0 Å². The summed E-state index contributed by atoms with van der Waals surface area (Å²) in [6.45, 7) is 19.4. The monoisotopic (exact) mass is 830 g/mol. The predicted octanol–water partition coefficient (Wildman–Crippen LogP) is 6.81. The number of benzene rings is 3. The van der Waals surface area contributed by atoms with Gasteiger partial charge >= 0.3 is 282 Å². The molecule has 242 valence electrons. The average Bonchev–Trinajstić information content (AvgIpc) is 2.99. The van der Waals surface area contributed by atoms with Crippen LogP contribution in [0.4, 0.5) is 0 Å². The molecule has 45 heavy (non-hydrogen) atoms. The molecule has 0 heterocycles. The van der Waals surface area contributed by atoms with Crippen molar-refractivity contribution in [3.63, 3.8) is 0 Å². The Morgan fingerprint density at radius 2 is 0.933 bits per heavy atom. The molecule has 0 aliphatic rings. The van der Waals surface area contributed by atoms with E-state index in [1.807, 2.05) is 20.8 Å². The number of hydrogen-bond acceptors (Lipinski definition) is 6. The molecule has 0 aliphatic heterocycles. The molecule has 0 fully saturated rings. The van der Waals surface area contributed by atoms with E-state index in [-0.39, 0.29) is 28.1 Å². The van der Waals surface area contributed by atoms with Gasteiger partial charge in [-0.05, 0) is 0 Å². The fourth-order valence-electron chi connectivity index (χ4n) is 5.28. The second kappa shape index (κ2) is 17.4. The minimum absolute atomic E-state index is 0.109. The molecule has 3 aromatic rings. The van der Waals surface area contributed by atoms with Crippen molar-refractivity contribution in [1.82, 2.24) is 0 Å². The molecule has 3 rings (SSSR count). The molecule has 0 aromatic heterocycles. The van der Waals surface area contributed by atoms with E-state index in [0.29, 0.717) is 0 Å². The molecule has 0 spiro atoms. The first kappa shape index (κ1) is 38.6. The van der Waals surface area contributed by atoms with Crippen molar-refractivity contribution in [1.29, 1.82) is 0 Å². The molecule has 0 N–H and O–H groups in total. The summed E-state index contributed by atoms with van der Waals surface area (Å²) in [5.74, 6) is -1.84. The fourth-order valence-corrected chi connectivity index (χ4v) is 29.5. The second-order valence-corrected chi connectivity index (χ2v) is 31.2. The van der Waals surface area contributed by atoms with Gasteiger partial charge in [-0.3, -0.25) is 0 Å². The molecule has 0 amide bonds. The standard InChI is InChI=1S/3C6H5.2C5H11.2C3H6O2.C3H4O2.2Sn/c3*1-2-4-6-5-3-1;2*1-5(2,3)4;3*1-2-3(4)5;;/h3*1-5H;2*1H2,2-4H3;2*2H2,1H3,(H,4,5);2H,1H2,(H,4,5);;/q;;;;;;;;;+3/p-3. The van der Waals surface area contributed by atoms with Crippen molar-refractivity contribution < 1.29 is 23.6 Å². The zero-order valence-corrected chi connectivity index (χ0v) is 33.9. The Bertz CT molecular complexity index is 1260. The molecule has 0 bridgehead atoms. The Labute approximate surface area is 280 Å². The average molecular weight is 828 g/mol. The van der Waals surface area contributed by atoms with Crippen molar-refractivity contribution in [2.24, 2.45) is 10.8 Å². The first-order valence-corrected chi connectivity index (χ1v) is 27.4. The summed E-state index contributed by atoms with van der Waals surface area (Å²) in [6, 6.07) is 33.8. The number of carbonyl (C=O) groups excluding carboxylic acids is 3. The van der Waals surface area contributed by atoms with Gasteiger partial charge in [0.2, 0.25) is 0 Å². The quantitative estimate of drug-likeness (QED) is 0.156. The summed E-state index contributed by atoms with van der Waals surface area (Å²) in [5, 5.41) is 0. The fraction of sp³-hybridized carbons (Fsp3) is 0.378. The zero-order valence-electron chi connectivity index (χ0n) is 28.2. The van der Waals surface area contributed by atoms with E-state index in [9.17, 15) is 14.4 Å². The molecule has 0 atom stereocenters. The molecular formula is C37H50O6Sn2. The Morgan fingerprint density at radius 3 is 1.20 bits per heavy atom. The number of hydrogen-bond donors (Lipinski definition) is 0. The maximum absolute atomic E-state index is 11.7. The summed E-state index contributed by atoms with van der Waals surface area (Å²) >= 11 is -7.74. The third-order valence-corrected chi connectivity index (χ3v) is 31.5. The van der Waals surface area contributed by atoms with Crippen LogP contribution in [0.1, 0.15) is 68.2 Å². The molecule has 0 saturated carbocycles. The van der Waals surface area contributed by atoms with Crippen molar-refractivity contribution in [3.05, 3.63) is 104 Å². The summed E-state index contributed by atoms with van der Waals surface area (Å²) < 4.78 is 22.2. The van der Waals surface area contributed by atoms with Gasteiger partial charge in [-0.25, -0.2) is 0 Å². The summed E-state index contributed by atoms with van der Waals surface area (Å²) in [6.07, 6.45) is 1.18. The van der Waals surface area contributed by atoms with Gasteiger partial charge in [-0.2, -0.15) is 0 Å². The second-order valence-electron chi connectivity index (χ2n) is 13.4. The van der Waals surface area contributed by atoms with Crippen LogP contribution < -0.4 is 10.7 Å². The summed E-state index contributed by atoms with van der Waals surface area (Å²) in [7, 11) is 0. The third kappa shape index (κ3) is 12.3. The van der Waals surface area contributed by atoms with Crippen molar-refractivity contribution in [2.45, 2.75) is 77.1 Å². The SMILES string of the molecule is C=CC(=O)[O][Sn]([CH2]C(C)(C)C)([O]C(=O)CC)[O]C(=O)CC.CC(C)(C)[CH2][Sn]([c]1ccccc1)([c]1ccccc1)[c]1ccccc1. The van der Waals surface area contributed by atoms with Crippen LogP contribution in [-0.4, -0.2) is 55.9 Å². The molecular weight excluding hydrogens is 778 g/mol. The number of carbonyl (C=O) groups is 3. The van der Waals surface area contributed by atoms with E-state index in [4.69, 9.17) is 9.22 Å². The molecule has 6 nitrogen and oxygen atoms in total. The van der Waals surface area contributed by atoms with E-state index in [0.717, 1.165) is 6.08 Å². The van der Waals surface area contributed by atoms with E-state index in [1.54, 1.807) is 24.6 Å². The summed E-state index contributed by atoms with van der Waals surface area (Å²) in [4.78, 5) is 34.9. The number of rotatable bonds is 11. The summed E-state index contributed by atoms with van der Waals surface area (Å²) in [5.41, 5.74) is -0.0445. The normalized spacial score (nSPS) is 11.8. The van der Waals surface area contributed by atoms with Gasteiger partial charge in [0.1, 0.15) is 0 Å². The van der Waals surface area contributed by atoms with Gasteiger partial charge in [-0.15, -0.1) is 0 Å². The van der Waals surface area contributed by atoms with Gasteiger partial charge in [0, 0.05) is 0 Å². The van der Waals surface area contributed by atoms with Gasteiger partial charge in [-0.1, -0.05) is 0 Å². The van der Waals surface area contributed by atoms with E-state index < -0.39 is 55.9 Å². The van der Waals surface area contributed by atoms with Crippen molar-refractivity contribution in [3.8, 4) is 0 Å². The Balaban J connectivity index is 0.000000318. The topological polar surface area (TPSA) is 78.9 Å². The van der Waals surface area contributed by atoms with Gasteiger partial charge in [0.15, 0.2) is 0 Å². The predicted molar refractivity (Wildman–Crippen MR) is 187 cm³/mol. The Kier molecular flexibility index (Phi) is 14.9. The molecule has 8 heteroatoms. The van der Waals surface area contributed by atoms with E-state index in [1.165, 1.54) is 4.44 Å². The third-order valence-electron chi connectivity index (χ3n) is 6.88. The van der Waals surface area contributed by atoms with Crippen molar-refractivity contribution in [2.75, 3.05) is 0 Å². The molecule has 0 unspecified atom stereocenters.